The van der Waals surface area contributed by atoms with E-state index in [2.05, 4.69) is 6.58 Å². The second-order valence-corrected chi connectivity index (χ2v) is 3.05. The van der Waals surface area contributed by atoms with Crippen LogP contribution < -0.4 is 4.74 Å². The number of ether oxygens (including phenoxy) is 3. The van der Waals surface area contributed by atoms with Crippen LogP contribution in [-0.4, -0.2) is 6.61 Å². The molecular weight excluding hydrogens is 192 g/mol. The van der Waals surface area contributed by atoms with Crippen LogP contribution in [0, 0.1) is 0 Å². The van der Waals surface area contributed by atoms with Gasteiger partial charge in [0, 0.05) is 5.56 Å². The van der Waals surface area contributed by atoms with E-state index in [0.29, 0.717) is 6.61 Å². The normalized spacial score (nSPS) is 14.4. The largest absolute Gasteiger partial charge is 0.490 e. The summed E-state index contributed by atoms with van der Waals surface area (Å²) in [6, 6.07) is 7.60. The number of benzene rings is 1. The van der Waals surface area contributed by atoms with Crippen molar-refractivity contribution in [2.24, 2.45) is 0 Å². The van der Waals surface area contributed by atoms with Crippen LogP contribution in [0.3, 0.4) is 0 Å². The Morgan fingerprint density at radius 3 is 2.87 bits per heavy atom. The van der Waals surface area contributed by atoms with Gasteiger partial charge in [-0.15, -0.1) is 0 Å². The Morgan fingerprint density at radius 1 is 1.33 bits per heavy atom. The first kappa shape index (κ1) is 9.65. The van der Waals surface area contributed by atoms with Gasteiger partial charge in [0.2, 0.25) is 0 Å². The topological polar surface area (TPSA) is 27.7 Å². The smallest absolute Gasteiger partial charge is 0.266 e. The van der Waals surface area contributed by atoms with Gasteiger partial charge in [0.1, 0.15) is 24.9 Å². The SMILES string of the molecule is C=CCOc1cccc(C2OC=CO2)c1. The van der Waals surface area contributed by atoms with Gasteiger partial charge in [0.25, 0.3) is 6.29 Å². The molecule has 0 amide bonds. The lowest BCUT2D eigenvalue weighted by molar-refractivity contribution is -0.0247. The van der Waals surface area contributed by atoms with Gasteiger partial charge in [-0.1, -0.05) is 24.8 Å². The fraction of sp³-hybridized carbons (Fsp3) is 0.167. The molecule has 3 nitrogen and oxygen atoms in total. The van der Waals surface area contributed by atoms with Crippen molar-refractivity contribution in [2.75, 3.05) is 6.61 Å². The second-order valence-electron chi connectivity index (χ2n) is 3.05. The molecule has 1 heterocycles. The molecule has 15 heavy (non-hydrogen) atoms. The Balaban J connectivity index is 2.07. The van der Waals surface area contributed by atoms with E-state index in [9.17, 15) is 0 Å². The third kappa shape index (κ3) is 2.31. The lowest BCUT2D eigenvalue weighted by Crippen LogP contribution is -1.99. The van der Waals surface area contributed by atoms with Crippen molar-refractivity contribution < 1.29 is 14.2 Å². The Bertz CT molecular complexity index is 363. The molecule has 0 saturated carbocycles. The minimum Gasteiger partial charge on any atom is -0.490 e. The predicted octanol–water partition coefficient (Wildman–Crippen LogP) is 2.77. The molecule has 0 aliphatic carbocycles. The van der Waals surface area contributed by atoms with Gasteiger partial charge >= 0.3 is 0 Å². The molecule has 0 fully saturated rings. The average molecular weight is 204 g/mol. The molecule has 1 aromatic rings. The van der Waals surface area contributed by atoms with E-state index in [1.807, 2.05) is 24.3 Å². The molecule has 0 radical (unpaired) electrons. The summed E-state index contributed by atoms with van der Waals surface area (Å²) >= 11 is 0. The van der Waals surface area contributed by atoms with Crippen LogP contribution in [0.2, 0.25) is 0 Å². The summed E-state index contributed by atoms with van der Waals surface area (Å²) in [6.45, 7) is 4.09. The van der Waals surface area contributed by atoms with Crippen molar-refractivity contribution in [1.82, 2.24) is 0 Å². The number of hydrogen-bond acceptors (Lipinski definition) is 3. The molecule has 1 aliphatic heterocycles. The van der Waals surface area contributed by atoms with Crippen LogP contribution in [0.15, 0.2) is 49.4 Å². The standard InChI is InChI=1S/C12H12O3/c1-2-6-13-11-5-3-4-10(9-11)12-14-7-8-15-12/h2-5,7-9,12H,1,6H2. The highest BCUT2D eigenvalue weighted by atomic mass is 16.7. The molecule has 1 aromatic carbocycles. The molecule has 0 aromatic heterocycles. The van der Waals surface area contributed by atoms with E-state index < -0.39 is 0 Å². The molecule has 3 heteroatoms. The Kier molecular flexibility index (Phi) is 2.93. The molecule has 0 unspecified atom stereocenters. The van der Waals surface area contributed by atoms with Crippen molar-refractivity contribution in [2.45, 2.75) is 6.29 Å². The minimum atomic E-state index is -0.350. The maximum absolute atomic E-state index is 5.41. The molecule has 78 valence electrons. The lowest BCUT2D eigenvalue weighted by Gasteiger charge is -2.11. The van der Waals surface area contributed by atoms with Gasteiger partial charge in [-0.05, 0) is 12.1 Å². The highest BCUT2D eigenvalue weighted by Crippen LogP contribution is 2.26. The monoisotopic (exact) mass is 204 g/mol. The van der Waals surface area contributed by atoms with E-state index in [-0.39, 0.29) is 6.29 Å². The summed E-state index contributed by atoms with van der Waals surface area (Å²) in [6.07, 6.45) is 4.41. The van der Waals surface area contributed by atoms with Crippen molar-refractivity contribution in [3.8, 4) is 5.75 Å². The van der Waals surface area contributed by atoms with Gasteiger partial charge in [-0.25, -0.2) is 0 Å². The Labute approximate surface area is 88.6 Å². The molecular formula is C12H12O3. The van der Waals surface area contributed by atoms with Crippen molar-refractivity contribution in [3.63, 3.8) is 0 Å². The zero-order valence-corrected chi connectivity index (χ0v) is 8.26. The fourth-order valence-corrected chi connectivity index (χ4v) is 1.30. The molecule has 2 rings (SSSR count). The summed E-state index contributed by atoms with van der Waals surface area (Å²) in [4.78, 5) is 0. The summed E-state index contributed by atoms with van der Waals surface area (Å²) in [7, 11) is 0. The quantitative estimate of drug-likeness (QED) is 0.706. The van der Waals surface area contributed by atoms with Gasteiger partial charge in [0.15, 0.2) is 0 Å². The van der Waals surface area contributed by atoms with Crippen LogP contribution in [0.1, 0.15) is 11.9 Å². The third-order valence-corrected chi connectivity index (χ3v) is 1.96. The summed E-state index contributed by atoms with van der Waals surface area (Å²) in [5, 5.41) is 0. The highest BCUT2D eigenvalue weighted by molar-refractivity contribution is 5.29. The first-order valence-electron chi connectivity index (χ1n) is 4.70. The van der Waals surface area contributed by atoms with Crippen molar-refractivity contribution in [3.05, 3.63) is 55.0 Å². The van der Waals surface area contributed by atoms with E-state index in [1.54, 1.807) is 6.08 Å². The molecule has 0 N–H and O–H groups in total. The summed E-state index contributed by atoms with van der Waals surface area (Å²) in [5.41, 5.74) is 0.932. The molecule has 0 bridgehead atoms. The molecule has 0 spiro atoms. The molecule has 0 saturated heterocycles. The molecule has 0 atom stereocenters. The Morgan fingerprint density at radius 2 is 2.13 bits per heavy atom. The van der Waals surface area contributed by atoms with Crippen molar-refractivity contribution in [1.29, 1.82) is 0 Å². The van der Waals surface area contributed by atoms with Gasteiger partial charge in [-0.3, -0.25) is 0 Å². The van der Waals surface area contributed by atoms with Crippen molar-refractivity contribution >= 4 is 0 Å². The first-order chi connectivity index (χ1) is 7.40. The number of hydrogen-bond donors (Lipinski definition) is 0. The summed E-state index contributed by atoms with van der Waals surface area (Å²) < 4.78 is 15.8. The average Bonchev–Trinajstić information content (AvgIpc) is 2.80. The van der Waals surface area contributed by atoms with Crippen LogP contribution >= 0.6 is 0 Å². The minimum absolute atomic E-state index is 0.350. The van der Waals surface area contributed by atoms with E-state index in [0.717, 1.165) is 11.3 Å². The van der Waals surface area contributed by atoms with Crippen LogP contribution in [0.5, 0.6) is 5.75 Å². The maximum Gasteiger partial charge on any atom is 0.266 e. The van der Waals surface area contributed by atoms with Gasteiger partial charge in [-0.2, -0.15) is 0 Å². The van der Waals surface area contributed by atoms with Crippen LogP contribution in [0.25, 0.3) is 0 Å². The van der Waals surface area contributed by atoms with E-state index in [1.165, 1.54) is 12.5 Å². The van der Waals surface area contributed by atoms with E-state index >= 15 is 0 Å². The zero-order valence-electron chi connectivity index (χ0n) is 8.26. The number of rotatable bonds is 4. The summed E-state index contributed by atoms with van der Waals surface area (Å²) in [5.74, 6) is 0.784. The molecule has 1 aliphatic rings. The maximum atomic E-state index is 5.41. The lowest BCUT2D eigenvalue weighted by atomic mass is 10.2. The Hall–Kier alpha value is -1.90. The van der Waals surface area contributed by atoms with Crippen LogP contribution in [-0.2, 0) is 9.47 Å². The fourth-order valence-electron chi connectivity index (χ4n) is 1.30. The third-order valence-electron chi connectivity index (χ3n) is 1.96. The van der Waals surface area contributed by atoms with Gasteiger partial charge < -0.3 is 14.2 Å². The highest BCUT2D eigenvalue weighted by Gasteiger charge is 2.15. The van der Waals surface area contributed by atoms with Crippen LogP contribution in [0.4, 0.5) is 0 Å². The zero-order chi connectivity index (χ0) is 10.5. The van der Waals surface area contributed by atoms with Gasteiger partial charge in [0.05, 0.1) is 0 Å². The van der Waals surface area contributed by atoms with E-state index in [4.69, 9.17) is 14.2 Å². The predicted molar refractivity (Wildman–Crippen MR) is 56.2 cm³/mol. The second kappa shape index (κ2) is 4.55. The first-order valence-corrected chi connectivity index (χ1v) is 4.70.